The van der Waals surface area contributed by atoms with Gasteiger partial charge in [0.15, 0.2) is 10.9 Å². The molecular weight excluding hydrogens is 833 g/mol. The van der Waals surface area contributed by atoms with Gasteiger partial charge in [-0.2, -0.15) is 0 Å². The van der Waals surface area contributed by atoms with Crippen LogP contribution in [0.4, 0.5) is 0 Å². The predicted molar refractivity (Wildman–Crippen MR) is 282 cm³/mol. The first-order valence-electron chi connectivity index (χ1n) is 25.2. The van der Waals surface area contributed by atoms with Gasteiger partial charge in [-0.15, -0.1) is 45.3 Å². The van der Waals surface area contributed by atoms with E-state index in [4.69, 9.17) is 0 Å². The molecule has 0 aliphatic carbocycles. The summed E-state index contributed by atoms with van der Waals surface area (Å²) in [5.41, 5.74) is 5.74. The first-order valence-corrected chi connectivity index (χ1v) is 28.6. The molecule has 0 bridgehead atoms. The van der Waals surface area contributed by atoms with Crippen molar-refractivity contribution in [1.82, 2.24) is 0 Å². The smallest absolute Gasteiger partial charge is 0.195 e. The van der Waals surface area contributed by atoms with Crippen molar-refractivity contribution in [2.24, 2.45) is 0 Å². The molecule has 3 aromatic carbocycles. The molecule has 0 spiro atoms. The van der Waals surface area contributed by atoms with Gasteiger partial charge in [-0.05, 0) is 109 Å². The normalized spacial score (nSPS) is 12.2. The third-order valence-corrected chi connectivity index (χ3v) is 18.4. The van der Waals surface area contributed by atoms with Gasteiger partial charge in [0.2, 0.25) is 0 Å². The molecular formula is C56H74O2S4. The molecule has 0 amide bonds. The van der Waals surface area contributed by atoms with Crippen LogP contribution in [-0.4, -0.2) is 0 Å². The van der Waals surface area contributed by atoms with Gasteiger partial charge in [-0.3, -0.25) is 9.59 Å². The summed E-state index contributed by atoms with van der Waals surface area (Å²) in [5.74, 6) is 0. The van der Waals surface area contributed by atoms with Gasteiger partial charge in [0.25, 0.3) is 0 Å². The summed E-state index contributed by atoms with van der Waals surface area (Å²) in [6, 6.07) is 9.11. The van der Waals surface area contributed by atoms with Crippen molar-refractivity contribution >= 4 is 87.1 Å². The number of rotatable bonds is 30. The van der Waals surface area contributed by atoms with Crippen LogP contribution >= 0.6 is 45.3 Å². The molecule has 4 heterocycles. The van der Waals surface area contributed by atoms with Gasteiger partial charge in [0.1, 0.15) is 0 Å². The molecule has 0 saturated carbocycles. The van der Waals surface area contributed by atoms with E-state index in [-0.39, 0.29) is 10.9 Å². The largest absolute Gasteiger partial charge is 0.289 e. The highest BCUT2D eigenvalue weighted by molar-refractivity contribution is 7.27. The van der Waals surface area contributed by atoms with Crippen molar-refractivity contribution in [1.29, 1.82) is 0 Å². The molecule has 0 unspecified atom stereocenters. The summed E-state index contributed by atoms with van der Waals surface area (Å²) in [7, 11) is 0. The Balaban J connectivity index is 1.24. The molecule has 0 aliphatic heterocycles. The van der Waals surface area contributed by atoms with E-state index < -0.39 is 0 Å². The van der Waals surface area contributed by atoms with E-state index in [1.807, 2.05) is 45.3 Å². The first-order chi connectivity index (χ1) is 30.5. The summed E-state index contributed by atoms with van der Waals surface area (Å²) in [6.45, 7) is 9.12. The molecule has 0 radical (unpaired) electrons. The second kappa shape index (κ2) is 24.0. The zero-order chi connectivity index (χ0) is 43.3. The second-order valence-corrected chi connectivity index (χ2v) is 22.4. The number of hydrogen-bond acceptors (Lipinski definition) is 6. The molecule has 0 N–H and O–H groups in total. The predicted octanol–water partition coefficient (Wildman–Crippen LogP) is 19.1. The Morgan fingerprint density at radius 1 is 0.371 bits per heavy atom. The lowest BCUT2D eigenvalue weighted by Gasteiger charge is -2.04. The van der Waals surface area contributed by atoms with Crippen LogP contribution in [0.5, 0.6) is 0 Å². The number of aryl methyl sites for hydroxylation is 4. The van der Waals surface area contributed by atoms with E-state index >= 15 is 0 Å². The van der Waals surface area contributed by atoms with Crippen LogP contribution in [0.25, 0.3) is 61.2 Å². The average molecular weight is 907 g/mol. The van der Waals surface area contributed by atoms with Crippen LogP contribution in [0.2, 0.25) is 0 Å². The van der Waals surface area contributed by atoms with E-state index in [0.29, 0.717) is 0 Å². The topological polar surface area (TPSA) is 34.1 Å². The summed E-state index contributed by atoms with van der Waals surface area (Å²) >= 11 is 7.36. The molecule has 334 valence electrons. The number of fused-ring (bicyclic) bond motifs is 6. The minimum atomic E-state index is 0.174. The van der Waals surface area contributed by atoms with E-state index in [2.05, 4.69) is 62.7 Å². The number of thiophene rings is 4. The lowest BCUT2D eigenvalue weighted by molar-refractivity contribution is 0.608. The van der Waals surface area contributed by atoms with Crippen molar-refractivity contribution in [2.75, 3.05) is 0 Å². The van der Waals surface area contributed by atoms with Crippen molar-refractivity contribution in [3.63, 3.8) is 0 Å². The maximum Gasteiger partial charge on any atom is 0.195 e. The number of benzene rings is 1. The number of unbranched alkanes of at least 4 members (excludes halogenated alkanes) is 20. The maximum atomic E-state index is 14.8. The Hall–Kier alpha value is -2.64. The Morgan fingerprint density at radius 3 is 1.05 bits per heavy atom. The summed E-state index contributed by atoms with van der Waals surface area (Å²) in [4.78, 5) is 34.8. The first kappa shape index (κ1) is 47.3. The van der Waals surface area contributed by atoms with Gasteiger partial charge >= 0.3 is 0 Å². The van der Waals surface area contributed by atoms with Crippen LogP contribution in [0.15, 0.2) is 44.6 Å². The van der Waals surface area contributed by atoms with Gasteiger partial charge < -0.3 is 0 Å². The minimum Gasteiger partial charge on any atom is -0.289 e. The van der Waals surface area contributed by atoms with Crippen LogP contribution < -0.4 is 10.9 Å². The standard InChI is InChI=1S/C56H74O2S4/c1-5-9-13-17-21-25-29-39-33-47(59-37-39)53-41(31-27-23-19-15-11-7-3)49-51(57)43-36-46-44(35-45(43)55(49)61-53)52(58)50-42(32-28-24-20-16-12-8-4)54(62-56(46)50)48-34-40(38-60-48)30-26-22-18-14-10-6-2/h33-38H,5-32H2,1-4H3. The SMILES string of the molecule is CCCCCCCCc1csc(-c2sc3c(c2CCCCCCCC)c(=O)c2cc4c(cc23)c(=O)c2c(CCCCCCCC)c(-c3cc(CCCCCCCC)cs3)sc24)c1. The van der Waals surface area contributed by atoms with Gasteiger partial charge in [0.05, 0.1) is 0 Å². The van der Waals surface area contributed by atoms with Gasteiger partial charge in [0, 0.05) is 61.2 Å². The average Bonchev–Trinajstić information content (AvgIpc) is 4.14. The van der Waals surface area contributed by atoms with Crippen LogP contribution in [-0.2, 0) is 25.7 Å². The van der Waals surface area contributed by atoms with E-state index in [1.54, 1.807) is 0 Å². The quantitative estimate of drug-likeness (QED) is 0.0421. The second-order valence-electron chi connectivity index (χ2n) is 18.5. The Bertz CT molecular complexity index is 2370. The molecule has 4 aromatic heterocycles. The van der Waals surface area contributed by atoms with E-state index in [1.165, 1.54) is 183 Å². The van der Waals surface area contributed by atoms with Crippen molar-refractivity contribution in [3.8, 4) is 19.5 Å². The third kappa shape index (κ3) is 11.2. The minimum absolute atomic E-state index is 0.174. The fraction of sp³-hybridized carbons (Fsp3) is 0.571. The van der Waals surface area contributed by atoms with Crippen molar-refractivity contribution in [3.05, 3.63) is 77.7 Å². The zero-order valence-corrected chi connectivity index (χ0v) is 42.0. The van der Waals surface area contributed by atoms with Gasteiger partial charge in [-0.25, -0.2) is 0 Å². The molecule has 7 rings (SSSR count). The summed E-state index contributed by atoms with van der Waals surface area (Å²) in [6.07, 6.45) is 34.8. The van der Waals surface area contributed by atoms with Crippen molar-refractivity contribution in [2.45, 2.75) is 207 Å². The lowest BCUT2D eigenvalue weighted by Crippen LogP contribution is -1.99. The molecule has 6 heteroatoms. The highest BCUT2D eigenvalue weighted by atomic mass is 32.1. The maximum absolute atomic E-state index is 14.8. The monoisotopic (exact) mass is 906 g/mol. The molecule has 7 aromatic rings. The third-order valence-electron chi connectivity index (χ3n) is 13.6. The molecule has 0 saturated heterocycles. The Morgan fingerprint density at radius 2 is 0.694 bits per heavy atom. The van der Waals surface area contributed by atoms with Crippen LogP contribution in [0.1, 0.15) is 204 Å². The molecule has 62 heavy (non-hydrogen) atoms. The Kier molecular flexibility index (Phi) is 18.4. The van der Waals surface area contributed by atoms with Crippen molar-refractivity contribution < 1.29 is 0 Å². The fourth-order valence-corrected chi connectivity index (χ4v) is 14.9. The summed E-state index contributed by atoms with van der Waals surface area (Å²) < 4.78 is 2.20. The highest BCUT2D eigenvalue weighted by Gasteiger charge is 2.26. The Labute approximate surface area is 389 Å². The molecule has 2 nitrogen and oxygen atoms in total. The summed E-state index contributed by atoms with van der Waals surface area (Å²) in [5, 5.41) is 10.2. The molecule has 0 fully saturated rings. The molecule has 0 atom stereocenters. The molecule has 0 aliphatic rings. The van der Waals surface area contributed by atoms with Gasteiger partial charge in [-0.1, -0.05) is 156 Å². The number of hydrogen-bond donors (Lipinski definition) is 0. The lowest BCUT2D eigenvalue weighted by atomic mass is 10.0. The fourth-order valence-electron chi connectivity index (χ4n) is 9.92. The van der Waals surface area contributed by atoms with Crippen LogP contribution in [0.3, 0.4) is 0 Å². The van der Waals surface area contributed by atoms with Crippen LogP contribution in [0, 0.1) is 0 Å². The van der Waals surface area contributed by atoms with E-state index in [9.17, 15) is 9.59 Å². The van der Waals surface area contributed by atoms with E-state index in [0.717, 1.165) is 80.2 Å². The highest BCUT2D eigenvalue weighted by Crippen LogP contribution is 2.48. The zero-order valence-electron chi connectivity index (χ0n) is 38.7.